The number of amides is 2. The molecule has 1 heterocycles. The van der Waals surface area contributed by atoms with Crippen LogP contribution in [0.4, 0.5) is 5.69 Å². The van der Waals surface area contributed by atoms with Crippen LogP contribution in [0.2, 0.25) is 0 Å². The molecule has 1 aromatic carbocycles. The lowest BCUT2D eigenvalue weighted by Gasteiger charge is -2.28. The van der Waals surface area contributed by atoms with Gasteiger partial charge in [0, 0.05) is 28.7 Å². The Bertz CT molecular complexity index is 675. The summed E-state index contributed by atoms with van der Waals surface area (Å²) in [5.41, 5.74) is 1.40. The minimum absolute atomic E-state index is 0.0224. The van der Waals surface area contributed by atoms with E-state index in [-0.39, 0.29) is 17.9 Å². The van der Waals surface area contributed by atoms with Gasteiger partial charge in [-0.25, -0.2) is 0 Å². The Hall–Kier alpha value is -1.49. The van der Waals surface area contributed by atoms with E-state index in [1.54, 1.807) is 11.8 Å². The van der Waals surface area contributed by atoms with Gasteiger partial charge in [0.25, 0.3) is 5.91 Å². The van der Waals surface area contributed by atoms with Crippen molar-refractivity contribution < 1.29 is 9.59 Å². The summed E-state index contributed by atoms with van der Waals surface area (Å²) in [5.74, 6) is 3.09. The first-order chi connectivity index (χ1) is 11.6. The van der Waals surface area contributed by atoms with Gasteiger partial charge in [0.05, 0.1) is 5.69 Å². The Morgan fingerprint density at radius 2 is 2.21 bits per heavy atom. The van der Waals surface area contributed by atoms with Crippen LogP contribution < -0.4 is 10.6 Å². The van der Waals surface area contributed by atoms with Crippen LogP contribution >= 0.6 is 11.8 Å². The number of carbonyl (C=O) groups is 2. The van der Waals surface area contributed by atoms with Gasteiger partial charge in [0.15, 0.2) is 0 Å². The molecule has 2 amide bonds. The SMILES string of the molecule is CC(NC(=O)c1ccc2c(c1)NC(=O)CCS2)C1CC2CCC1C2. The Kier molecular flexibility index (Phi) is 4.29. The second kappa shape index (κ2) is 6.43. The first-order valence-electron chi connectivity index (χ1n) is 8.97. The van der Waals surface area contributed by atoms with Gasteiger partial charge in [0.1, 0.15) is 0 Å². The number of carbonyl (C=O) groups excluding carboxylic acids is 2. The number of hydrogen-bond donors (Lipinski definition) is 2. The Morgan fingerprint density at radius 1 is 1.33 bits per heavy atom. The molecule has 0 aromatic heterocycles. The van der Waals surface area contributed by atoms with Crippen LogP contribution in [0, 0.1) is 17.8 Å². The van der Waals surface area contributed by atoms with Crippen molar-refractivity contribution in [1.82, 2.24) is 5.32 Å². The van der Waals surface area contributed by atoms with Gasteiger partial charge in [-0.3, -0.25) is 9.59 Å². The summed E-state index contributed by atoms with van der Waals surface area (Å²) in [6, 6.07) is 5.85. The Morgan fingerprint density at radius 3 is 2.96 bits per heavy atom. The lowest BCUT2D eigenvalue weighted by Crippen LogP contribution is -2.40. The minimum Gasteiger partial charge on any atom is -0.349 e. The zero-order valence-electron chi connectivity index (χ0n) is 14.0. The molecule has 128 valence electrons. The van der Waals surface area contributed by atoms with E-state index >= 15 is 0 Å². The van der Waals surface area contributed by atoms with Gasteiger partial charge in [-0.2, -0.15) is 0 Å². The van der Waals surface area contributed by atoms with Crippen LogP contribution in [0.5, 0.6) is 0 Å². The average Bonchev–Trinajstić information content (AvgIpc) is 3.14. The summed E-state index contributed by atoms with van der Waals surface area (Å²) in [6.07, 6.45) is 5.85. The molecule has 1 aromatic rings. The molecular formula is C19H24N2O2S. The van der Waals surface area contributed by atoms with E-state index in [0.717, 1.165) is 28.2 Å². The molecule has 2 N–H and O–H groups in total. The summed E-state index contributed by atoms with van der Waals surface area (Å²) in [7, 11) is 0. The van der Waals surface area contributed by atoms with Crippen molar-refractivity contribution in [3.63, 3.8) is 0 Å². The summed E-state index contributed by atoms with van der Waals surface area (Å²) in [5, 5.41) is 6.11. The van der Waals surface area contributed by atoms with Gasteiger partial charge in [0.2, 0.25) is 5.91 Å². The van der Waals surface area contributed by atoms with Gasteiger partial charge in [-0.15, -0.1) is 11.8 Å². The molecule has 24 heavy (non-hydrogen) atoms. The number of fused-ring (bicyclic) bond motifs is 3. The molecule has 4 rings (SSSR count). The largest absolute Gasteiger partial charge is 0.349 e. The summed E-state index contributed by atoms with van der Waals surface area (Å²) in [4.78, 5) is 25.4. The maximum atomic E-state index is 12.6. The first-order valence-corrected chi connectivity index (χ1v) is 9.96. The summed E-state index contributed by atoms with van der Waals surface area (Å²) >= 11 is 1.66. The number of anilines is 1. The maximum absolute atomic E-state index is 12.6. The molecular weight excluding hydrogens is 320 g/mol. The molecule has 0 saturated heterocycles. The van der Waals surface area contributed by atoms with Gasteiger partial charge < -0.3 is 10.6 Å². The monoisotopic (exact) mass is 344 g/mol. The molecule has 4 nitrogen and oxygen atoms in total. The molecule has 2 bridgehead atoms. The molecule has 5 heteroatoms. The smallest absolute Gasteiger partial charge is 0.251 e. The number of thioether (sulfide) groups is 1. The second-order valence-electron chi connectivity index (χ2n) is 7.46. The van der Waals surface area contributed by atoms with Crippen LogP contribution in [-0.2, 0) is 4.79 Å². The van der Waals surface area contributed by atoms with Crippen molar-refractivity contribution in [1.29, 1.82) is 0 Å². The quantitative estimate of drug-likeness (QED) is 0.879. The second-order valence-corrected chi connectivity index (χ2v) is 8.60. The highest BCUT2D eigenvalue weighted by Crippen LogP contribution is 2.49. The van der Waals surface area contributed by atoms with Crippen molar-refractivity contribution in [2.75, 3.05) is 11.1 Å². The molecule has 4 atom stereocenters. The van der Waals surface area contributed by atoms with E-state index in [1.807, 2.05) is 18.2 Å². The zero-order valence-corrected chi connectivity index (χ0v) is 14.8. The number of benzene rings is 1. The number of nitrogens with one attached hydrogen (secondary N) is 2. The summed E-state index contributed by atoms with van der Waals surface area (Å²) < 4.78 is 0. The topological polar surface area (TPSA) is 58.2 Å². The van der Waals surface area contributed by atoms with Crippen LogP contribution in [0.25, 0.3) is 0 Å². The highest BCUT2D eigenvalue weighted by molar-refractivity contribution is 7.99. The minimum atomic E-state index is -0.0310. The number of rotatable bonds is 3. The van der Waals surface area contributed by atoms with Crippen molar-refractivity contribution in [2.24, 2.45) is 17.8 Å². The van der Waals surface area contributed by atoms with Crippen LogP contribution in [0.15, 0.2) is 23.1 Å². The fraction of sp³-hybridized carbons (Fsp3) is 0.579. The summed E-state index contributed by atoms with van der Waals surface area (Å²) in [6.45, 7) is 2.14. The van der Waals surface area contributed by atoms with Crippen LogP contribution in [-0.4, -0.2) is 23.6 Å². The van der Waals surface area contributed by atoms with Crippen molar-refractivity contribution >= 4 is 29.3 Å². The fourth-order valence-corrected chi connectivity index (χ4v) is 5.60. The van der Waals surface area contributed by atoms with E-state index in [1.165, 1.54) is 25.7 Å². The highest BCUT2D eigenvalue weighted by atomic mass is 32.2. The molecule has 4 unspecified atom stereocenters. The molecule has 0 radical (unpaired) electrons. The van der Waals surface area contributed by atoms with E-state index in [2.05, 4.69) is 17.6 Å². The maximum Gasteiger partial charge on any atom is 0.251 e. The molecule has 2 fully saturated rings. The molecule has 2 saturated carbocycles. The van der Waals surface area contributed by atoms with Crippen molar-refractivity contribution in [2.45, 2.75) is 50.0 Å². The first kappa shape index (κ1) is 16.0. The van der Waals surface area contributed by atoms with Crippen LogP contribution in [0.1, 0.15) is 49.4 Å². The Balaban J connectivity index is 1.45. The van der Waals surface area contributed by atoms with Crippen LogP contribution in [0.3, 0.4) is 0 Å². The van der Waals surface area contributed by atoms with E-state index in [4.69, 9.17) is 0 Å². The van der Waals surface area contributed by atoms with Gasteiger partial charge in [-0.05, 0) is 62.1 Å². The fourth-order valence-electron chi connectivity index (χ4n) is 4.66. The molecule has 3 aliphatic rings. The van der Waals surface area contributed by atoms with E-state index in [0.29, 0.717) is 17.9 Å². The molecule has 1 aliphatic heterocycles. The molecule has 2 aliphatic carbocycles. The zero-order chi connectivity index (χ0) is 16.7. The normalized spacial score (nSPS) is 29.5. The van der Waals surface area contributed by atoms with Crippen molar-refractivity contribution in [3.05, 3.63) is 23.8 Å². The third-order valence-electron chi connectivity index (χ3n) is 5.90. The third kappa shape index (κ3) is 3.06. The van der Waals surface area contributed by atoms with Gasteiger partial charge in [-0.1, -0.05) is 6.42 Å². The van der Waals surface area contributed by atoms with Crippen molar-refractivity contribution in [3.8, 4) is 0 Å². The molecule has 0 spiro atoms. The lowest BCUT2D eigenvalue weighted by atomic mass is 9.84. The Labute approximate surface area is 147 Å². The predicted molar refractivity (Wildman–Crippen MR) is 96.3 cm³/mol. The van der Waals surface area contributed by atoms with Gasteiger partial charge >= 0.3 is 0 Å². The number of hydrogen-bond acceptors (Lipinski definition) is 3. The lowest BCUT2D eigenvalue weighted by molar-refractivity contribution is -0.115. The third-order valence-corrected chi connectivity index (χ3v) is 6.97. The predicted octanol–water partition coefficient (Wildman–Crippen LogP) is 3.68. The average molecular weight is 344 g/mol. The van der Waals surface area contributed by atoms with E-state index in [9.17, 15) is 9.59 Å². The highest BCUT2D eigenvalue weighted by Gasteiger charge is 2.42. The van der Waals surface area contributed by atoms with E-state index < -0.39 is 0 Å². The standard InChI is InChI=1S/C19H24N2O2S/c1-11(15-9-12-2-3-13(15)8-12)20-19(23)14-4-5-17-16(10-14)21-18(22)6-7-24-17/h4-5,10-13,15H,2-3,6-9H2,1H3,(H,20,23)(H,21,22).